The van der Waals surface area contributed by atoms with Gasteiger partial charge in [0.25, 0.3) is 0 Å². The number of benzene rings is 1. The predicted molar refractivity (Wildman–Crippen MR) is 81.6 cm³/mol. The molecule has 0 bridgehead atoms. The number of nitrogens with one attached hydrogen (secondary N) is 1. The zero-order chi connectivity index (χ0) is 14.3. The van der Waals surface area contributed by atoms with Gasteiger partial charge in [-0.25, -0.2) is 0 Å². The molecule has 1 rings (SSSR count). The average Bonchev–Trinajstić information content (AvgIpc) is 2.32. The van der Waals surface area contributed by atoms with E-state index in [1.165, 1.54) is 0 Å². The normalized spacial score (nSPS) is 10.8. The summed E-state index contributed by atoms with van der Waals surface area (Å²) in [6.45, 7) is 9.49. The minimum Gasteiger partial charge on any atom is -0.492 e. The van der Waals surface area contributed by atoms with Crippen LogP contribution in [0.1, 0.15) is 39.7 Å². The Balaban J connectivity index is 2.73. The summed E-state index contributed by atoms with van der Waals surface area (Å²) in [5, 5.41) is 4.16. The van der Waals surface area contributed by atoms with Crippen molar-refractivity contribution in [1.29, 1.82) is 0 Å². The van der Waals surface area contributed by atoms with Crippen molar-refractivity contribution >= 4 is 11.6 Å². The van der Waals surface area contributed by atoms with Crippen molar-refractivity contribution < 1.29 is 4.74 Å². The zero-order valence-electron chi connectivity index (χ0n) is 12.1. The fourth-order valence-electron chi connectivity index (χ4n) is 1.54. The molecule has 0 aliphatic heterocycles. The fourth-order valence-corrected chi connectivity index (χ4v) is 1.77. The fraction of sp³-hybridized carbons (Fsp3) is 0.500. The second-order valence-electron chi connectivity index (χ2n) is 5.35. The second-order valence-corrected chi connectivity index (χ2v) is 5.75. The molecule has 0 fully saturated rings. The molecule has 0 atom stereocenters. The molecule has 1 aromatic rings. The van der Waals surface area contributed by atoms with Gasteiger partial charge in [-0.1, -0.05) is 17.7 Å². The highest BCUT2D eigenvalue weighted by atomic mass is 35.5. The van der Waals surface area contributed by atoms with Gasteiger partial charge in [0, 0.05) is 29.1 Å². The Morgan fingerprint density at radius 3 is 2.68 bits per heavy atom. The Kier molecular flexibility index (Phi) is 6.21. The van der Waals surface area contributed by atoms with Crippen LogP contribution in [-0.2, 0) is 6.54 Å². The van der Waals surface area contributed by atoms with Gasteiger partial charge in [0.05, 0.1) is 6.61 Å². The summed E-state index contributed by atoms with van der Waals surface area (Å²) < 4.78 is 5.76. The second kappa shape index (κ2) is 7.43. The zero-order valence-corrected chi connectivity index (χ0v) is 12.9. The van der Waals surface area contributed by atoms with Gasteiger partial charge in [-0.3, -0.25) is 0 Å². The maximum absolute atomic E-state index is 6.25. The molecule has 19 heavy (non-hydrogen) atoms. The first kappa shape index (κ1) is 15.9. The minimum absolute atomic E-state index is 0.0458. The first-order valence-electron chi connectivity index (χ1n) is 6.49. The lowest BCUT2D eigenvalue weighted by atomic mass is 10.1. The van der Waals surface area contributed by atoms with Gasteiger partial charge in [-0.2, -0.15) is 0 Å². The van der Waals surface area contributed by atoms with Crippen LogP contribution >= 0.6 is 11.6 Å². The summed E-state index contributed by atoms with van der Waals surface area (Å²) in [6, 6.07) is 5.74. The molecule has 0 aliphatic carbocycles. The predicted octanol–water partition coefficient (Wildman–Crippen LogP) is 4.02. The van der Waals surface area contributed by atoms with Crippen molar-refractivity contribution in [3.63, 3.8) is 0 Å². The molecule has 0 radical (unpaired) electrons. The van der Waals surface area contributed by atoms with Crippen LogP contribution in [0.25, 0.3) is 0 Å². The van der Waals surface area contributed by atoms with Crippen molar-refractivity contribution in [2.24, 2.45) is 0 Å². The van der Waals surface area contributed by atoms with Gasteiger partial charge < -0.3 is 10.1 Å². The summed E-state index contributed by atoms with van der Waals surface area (Å²) >= 11 is 6.25. The van der Waals surface area contributed by atoms with E-state index in [-0.39, 0.29) is 5.54 Å². The highest BCUT2D eigenvalue weighted by Gasteiger charge is 2.13. The quantitative estimate of drug-likeness (QED) is 0.649. The summed E-state index contributed by atoms with van der Waals surface area (Å²) in [5.74, 6) is 6.68. The molecule has 0 unspecified atom stereocenters. The number of ether oxygens (including phenoxy) is 1. The lowest BCUT2D eigenvalue weighted by Crippen LogP contribution is -2.35. The van der Waals surface area contributed by atoms with Crippen molar-refractivity contribution in [3.8, 4) is 17.6 Å². The summed E-state index contributed by atoms with van der Waals surface area (Å²) in [6.07, 6.45) is 0.731. The van der Waals surface area contributed by atoms with E-state index in [2.05, 4.69) is 37.9 Å². The molecule has 0 aromatic heterocycles. The van der Waals surface area contributed by atoms with Crippen LogP contribution in [0.4, 0.5) is 0 Å². The number of hydrogen-bond donors (Lipinski definition) is 1. The topological polar surface area (TPSA) is 21.3 Å². The van der Waals surface area contributed by atoms with Gasteiger partial charge in [0.2, 0.25) is 0 Å². The Hall–Kier alpha value is -1.17. The summed E-state index contributed by atoms with van der Waals surface area (Å²) in [7, 11) is 0. The molecule has 0 spiro atoms. The molecule has 0 heterocycles. The van der Waals surface area contributed by atoms with E-state index < -0.39 is 0 Å². The monoisotopic (exact) mass is 279 g/mol. The van der Waals surface area contributed by atoms with E-state index in [1.54, 1.807) is 0 Å². The van der Waals surface area contributed by atoms with Crippen LogP contribution in [-0.4, -0.2) is 12.1 Å². The molecular formula is C16H22ClNO. The van der Waals surface area contributed by atoms with Gasteiger partial charge in [-0.15, -0.1) is 11.8 Å². The third-order valence-corrected chi connectivity index (χ3v) is 2.89. The van der Waals surface area contributed by atoms with Crippen molar-refractivity contribution in [2.75, 3.05) is 6.61 Å². The first-order chi connectivity index (χ1) is 8.94. The molecule has 0 amide bonds. The van der Waals surface area contributed by atoms with Crippen molar-refractivity contribution in [1.82, 2.24) is 5.32 Å². The molecule has 2 nitrogen and oxygen atoms in total. The molecule has 0 saturated carbocycles. The largest absolute Gasteiger partial charge is 0.492 e. The molecule has 3 heteroatoms. The molecular weight excluding hydrogens is 258 g/mol. The van der Waals surface area contributed by atoms with E-state index in [4.69, 9.17) is 16.3 Å². The van der Waals surface area contributed by atoms with Crippen LogP contribution in [0.3, 0.4) is 0 Å². The van der Waals surface area contributed by atoms with Gasteiger partial charge >= 0.3 is 0 Å². The Bertz CT molecular complexity index is 466. The maximum atomic E-state index is 6.25. The van der Waals surface area contributed by atoms with Gasteiger partial charge in [0.15, 0.2) is 0 Å². The smallest absolute Gasteiger partial charge is 0.125 e. The summed E-state index contributed by atoms with van der Waals surface area (Å²) in [4.78, 5) is 0. The Labute approximate surface area is 121 Å². The molecule has 0 saturated heterocycles. The highest BCUT2D eigenvalue weighted by molar-refractivity contribution is 6.31. The van der Waals surface area contributed by atoms with Crippen LogP contribution in [0.5, 0.6) is 5.75 Å². The standard InChI is InChI=1S/C16H22ClNO/c1-5-6-7-11-19-15-10-8-9-14(17)13(15)12-18-16(2,3)4/h8-10,18H,7,11-12H2,1-4H3. The van der Waals surface area contributed by atoms with Gasteiger partial charge in [-0.05, 0) is 39.8 Å². The van der Waals surface area contributed by atoms with Crippen molar-refractivity contribution in [3.05, 3.63) is 28.8 Å². The number of hydrogen-bond acceptors (Lipinski definition) is 2. The summed E-state index contributed by atoms with van der Waals surface area (Å²) in [5.41, 5.74) is 1.05. The van der Waals surface area contributed by atoms with Crippen LogP contribution < -0.4 is 10.1 Å². The third-order valence-electron chi connectivity index (χ3n) is 2.53. The highest BCUT2D eigenvalue weighted by Crippen LogP contribution is 2.27. The van der Waals surface area contributed by atoms with E-state index in [0.717, 1.165) is 22.8 Å². The van der Waals surface area contributed by atoms with Crippen LogP contribution in [0.15, 0.2) is 18.2 Å². The Morgan fingerprint density at radius 1 is 1.32 bits per heavy atom. The SMILES string of the molecule is CC#CCCOc1cccc(Cl)c1CNC(C)(C)C. The Morgan fingerprint density at radius 2 is 2.05 bits per heavy atom. The molecule has 1 aromatic carbocycles. The lowest BCUT2D eigenvalue weighted by molar-refractivity contribution is 0.320. The van der Waals surface area contributed by atoms with Crippen LogP contribution in [0.2, 0.25) is 5.02 Å². The third kappa shape index (κ3) is 6.00. The average molecular weight is 280 g/mol. The molecule has 0 aliphatic rings. The lowest BCUT2D eigenvalue weighted by Gasteiger charge is -2.22. The van der Waals surface area contributed by atoms with Crippen LogP contribution in [0, 0.1) is 11.8 Å². The number of halogens is 1. The molecule has 104 valence electrons. The first-order valence-corrected chi connectivity index (χ1v) is 6.86. The van der Waals surface area contributed by atoms with E-state index >= 15 is 0 Å². The van der Waals surface area contributed by atoms with E-state index in [0.29, 0.717) is 13.2 Å². The number of rotatable bonds is 5. The molecule has 1 N–H and O–H groups in total. The van der Waals surface area contributed by atoms with E-state index in [9.17, 15) is 0 Å². The minimum atomic E-state index is 0.0458. The van der Waals surface area contributed by atoms with Crippen molar-refractivity contribution in [2.45, 2.75) is 46.2 Å². The van der Waals surface area contributed by atoms with Gasteiger partial charge in [0.1, 0.15) is 5.75 Å². The van der Waals surface area contributed by atoms with E-state index in [1.807, 2.05) is 25.1 Å². The maximum Gasteiger partial charge on any atom is 0.125 e.